The Kier molecular flexibility index (Phi) is 79.3. The van der Waals surface area contributed by atoms with Gasteiger partial charge in [-0.15, -0.1) is 0 Å². The predicted octanol–water partition coefficient (Wildman–Crippen LogP) is -3.92. The van der Waals surface area contributed by atoms with Crippen LogP contribution in [0.4, 0.5) is 0 Å². The van der Waals surface area contributed by atoms with Gasteiger partial charge in [-0.3, -0.25) is 0 Å². The average Bonchev–Trinajstić information content (AvgIpc) is 1.00. The fourth-order valence-corrected chi connectivity index (χ4v) is 0. The fourth-order valence-electron chi connectivity index (χ4n) is 0. The van der Waals surface area contributed by atoms with Crippen molar-refractivity contribution in [3.05, 3.63) is 0 Å². The Labute approximate surface area is 75.0 Å². The molecule has 0 spiro atoms. The van der Waals surface area contributed by atoms with E-state index in [2.05, 4.69) is 0 Å². The second kappa shape index (κ2) is 19.3. The Morgan fingerprint density at radius 1 is 1.50 bits per heavy atom. The minimum atomic E-state index is 0. The maximum atomic E-state index is 8.38. The summed E-state index contributed by atoms with van der Waals surface area (Å²) in [7, 11) is 0. The first-order valence-electron chi connectivity index (χ1n) is 0.289. The van der Waals surface area contributed by atoms with E-state index in [0.29, 0.717) is 0 Å². The molecule has 1 radical (unpaired) electrons. The molecular formula is H3GeLaLiO. The minimum absolute atomic E-state index is 0. The average molecular weight is 237 g/mol. The van der Waals surface area contributed by atoms with E-state index in [4.69, 9.17) is 3.78 Å². The van der Waals surface area contributed by atoms with Crippen LogP contribution in [0.25, 0.3) is 0 Å². The summed E-state index contributed by atoms with van der Waals surface area (Å²) in [5, 5.41) is 0. The molecule has 17 valence electrons. The molecule has 0 aromatic carbocycles. The molecule has 0 aliphatic heterocycles. The maximum absolute atomic E-state index is 8.38. The van der Waals surface area contributed by atoms with Crippen LogP contribution in [0.3, 0.4) is 0 Å². The quantitative estimate of drug-likeness (QED) is 0.394. The summed E-state index contributed by atoms with van der Waals surface area (Å²) in [5.74, 6) is 0. The van der Waals surface area contributed by atoms with Crippen molar-refractivity contribution in [2.24, 2.45) is 0 Å². The standard InChI is InChI=1S/GeH2O.La.Li.H/c1-2;;;/h1H2;;;/q;;+1;-1. The van der Waals surface area contributed by atoms with Crippen molar-refractivity contribution >= 4 is 16.5 Å². The summed E-state index contributed by atoms with van der Waals surface area (Å²) < 4.78 is 8.38. The van der Waals surface area contributed by atoms with Gasteiger partial charge < -0.3 is 1.43 Å². The van der Waals surface area contributed by atoms with Crippen molar-refractivity contribution in [1.29, 1.82) is 0 Å². The SMILES string of the molecule is [H-].[La].[Li+].[O]=[GeH2]. The summed E-state index contributed by atoms with van der Waals surface area (Å²) in [6.07, 6.45) is 0. The molecule has 0 heterocycles. The van der Waals surface area contributed by atoms with E-state index >= 15 is 0 Å². The second-order valence-corrected chi connectivity index (χ2v) is 0. The van der Waals surface area contributed by atoms with Crippen LogP contribution < -0.4 is 18.9 Å². The van der Waals surface area contributed by atoms with Crippen molar-refractivity contribution < 1.29 is 59.7 Å². The molecule has 0 saturated carbocycles. The second-order valence-electron chi connectivity index (χ2n) is 0. The molecule has 0 aromatic rings. The van der Waals surface area contributed by atoms with Gasteiger partial charge in [-0.05, 0) is 0 Å². The third-order valence-corrected chi connectivity index (χ3v) is 0. The summed E-state index contributed by atoms with van der Waals surface area (Å²) >= 11 is 0.125. The summed E-state index contributed by atoms with van der Waals surface area (Å²) in [6, 6.07) is 0. The van der Waals surface area contributed by atoms with Gasteiger partial charge >= 0.3 is 39.1 Å². The van der Waals surface area contributed by atoms with Crippen molar-refractivity contribution in [2.75, 3.05) is 0 Å². The molecule has 1 nitrogen and oxygen atoms in total. The molecule has 0 rings (SSSR count). The molecule has 4 heavy (non-hydrogen) atoms. The predicted molar refractivity (Wildman–Crippen MR) is 10.3 cm³/mol. The molecule has 0 aromatic heterocycles. The van der Waals surface area contributed by atoms with E-state index < -0.39 is 0 Å². The van der Waals surface area contributed by atoms with Gasteiger partial charge in [-0.1, -0.05) is 0 Å². The van der Waals surface area contributed by atoms with Crippen LogP contribution in [0.5, 0.6) is 0 Å². The molecule has 0 fully saturated rings. The molecule has 0 atom stereocenters. The molecule has 0 aliphatic carbocycles. The number of hydrogen-bond donors (Lipinski definition) is 0. The summed E-state index contributed by atoms with van der Waals surface area (Å²) in [4.78, 5) is 0. The van der Waals surface area contributed by atoms with Crippen molar-refractivity contribution in [3.63, 3.8) is 0 Å². The van der Waals surface area contributed by atoms with E-state index in [1.807, 2.05) is 0 Å². The van der Waals surface area contributed by atoms with Crippen LogP contribution in [0.15, 0.2) is 0 Å². The molecule has 0 saturated heterocycles. The Bertz CT molecular complexity index is 11.6. The Balaban J connectivity index is -0.00000000167. The van der Waals surface area contributed by atoms with E-state index in [1.165, 1.54) is 0 Å². The first kappa shape index (κ1) is 16.5. The summed E-state index contributed by atoms with van der Waals surface area (Å²) in [6.45, 7) is 0. The molecule has 0 N–H and O–H groups in total. The normalized spacial score (nSPS) is 1.00. The van der Waals surface area contributed by atoms with Gasteiger partial charge in [0.25, 0.3) is 0 Å². The van der Waals surface area contributed by atoms with Gasteiger partial charge in [0.1, 0.15) is 0 Å². The van der Waals surface area contributed by atoms with Crippen LogP contribution >= 0.6 is 0 Å². The summed E-state index contributed by atoms with van der Waals surface area (Å²) in [5.41, 5.74) is 0. The Morgan fingerprint density at radius 3 is 1.50 bits per heavy atom. The van der Waals surface area contributed by atoms with E-state index in [9.17, 15) is 0 Å². The first-order chi connectivity index (χ1) is 1.00. The van der Waals surface area contributed by atoms with Crippen LogP contribution in [0.1, 0.15) is 1.43 Å². The molecule has 4 heteroatoms. The number of hydrogen-bond acceptors (Lipinski definition) is 1. The van der Waals surface area contributed by atoms with Crippen molar-refractivity contribution in [2.45, 2.75) is 0 Å². The van der Waals surface area contributed by atoms with Gasteiger partial charge in [0, 0.05) is 35.6 Å². The van der Waals surface area contributed by atoms with Crippen LogP contribution in [-0.2, 0) is 3.78 Å². The third-order valence-electron chi connectivity index (χ3n) is 0. The Hall–Kier alpha value is 2.14. The van der Waals surface area contributed by atoms with Gasteiger partial charge in [0.15, 0.2) is 0 Å². The zero-order chi connectivity index (χ0) is 2.00. The zero-order valence-electron chi connectivity index (χ0n) is 3.69. The van der Waals surface area contributed by atoms with Crippen LogP contribution in [0, 0.1) is 35.6 Å². The van der Waals surface area contributed by atoms with E-state index in [1.54, 1.807) is 0 Å². The molecule has 0 amide bonds. The first-order valence-corrected chi connectivity index (χ1v) is 1.50. The molecule has 0 bridgehead atoms. The fraction of sp³-hybridized carbons (Fsp3) is 0. The van der Waals surface area contributed by atoms with E-state index in [-0.39, 0.29) is 72.3 Å². The molecule has 0 aliphatic rings. The van der Waals surface area contributed by atoms with Crippen molar-refractivity contribution in [1.82, 2.24) is 0 Å². The molecular weight excluding hydrogens is 234 g/mol. The van der Waals surface area contributed by atoms with Crippen molar-refractivity contribution in [3.8, 4) is 0 Å². The monoisotopic (exact) mass is 239 g/mol. The zero-order valence-corrected chi connectivity index (χ0v) is 9.29. The van der Waals surface area contributed by atoms with Gasteiger partial charge in [-0.25, -0.2) is 0 Å². The van der Waals surface area contributed by atoms with Crippen LogP contribution in [0.2, 0.25) is 0 Å². The van der Waals surface area contributed by atoms with Crippen LogP contribution in [-0.4, -0.2) is 16.5 Å². The third kappa shape index (κ3) is 8.92. The Morgan fingerprint density at radius 2 is 1.50 bits per heavy atom. The van der Waals surface area contributed by atoms with E-state index in [0.717, 1.165) is 0 Å². The molecule has 0 unspecified atom stereocenters. The van der Waals surface area contributed by atoms with Gasteiger partial charge in [0.2, 0.25) is 0 Å². The number of rotatable bonds is 0. The van der Waals surface area contributed by atoms with Gasteiger partial charge in [0.05, 0.1) is 0 Å². The topological polar surface area (TPSA) is 17.1 Å². The van der Waals surface area contributed by atoms with Gasteiger partial charge in [-0.2, -0.15) is 0 Å².